The Morgan fingerprint density at radius 1 is 1.26 bits per heavy atom. The number of amides is 1. The third-order valence-corrected chi connectivity index (χ3v) is 3.53. The highest BCUT2D eigenvalue weighted by atomic mass is 32.2. The van der Waals surface area contributed by atoms with Crippen molar-refractivity contribution in [1.82, 2.24) is 0 Å². The van der Waals surface area contributed by atoms with Gasteiger partial charge in [0.15, 0.2) is 0 Å². The van der Waals surface area contributed by atoms with E-state index in [9.17, 15) is 18.4 Å². The number of carboxylic acid groups (broad SMARTS) is 1. The predicted octanol–water partition coefficient (Wildman–Crippen LogP) is 2.50. The monoisotopic (exact) mass is 289 g/mol. The van der Waals surface area contributed by atoms with Crippen LogP contribution >= 0.6 is 11.8 Å². The molecule has 1 aromatic carbocycles. The highest BCUT2D eigenvalue weighted by Crippen LogP contribution is 2.24. The number of halogens is 2. The molecule has 0 heterocycles. The number of anilines is 1. The van der Waals surface area contributed by atoms with Crippen molar-refractivity contribution < 1.29 is 23.5 Å². The summed E-state index contributed by atoms with van der Waals surface area (Å²) in [5, 5.41) is 11.2. The van der Waals surface area contributed by atoms with Gasteiger partial charge in [-0.15, -0.1) is 11.8 Å². The van der Waals surface area contributed by atoms with Gasteiger partial charge in [-0.2, -0.15) is 0 Å². The fourth-order valence-corrected chi connectivity index (χ4v) is 1.82. The van der Waals surface area contributed by atoms with Crippen LogP contribution in [0.3, 0.4) is 0 Å². The maximum atomic E-state index is 12.9. The van der Waals surface area contributed by atoms with Crippen LogP contribution in [0.4, 0.5) is 14.5 Å². The van der Waals surface area contributed by atoms with Crippen molar-refractivity contribution in [2.24, 2.45) is 0 Å². The third kappa shape index (κ3) is 4.86. The van der Waals surface area contributed by atoms with E-state index in [0.29, 0.717) is 6.07 Å². The van der Waals surface area contributed by atoms with Gasteiger partial charge in [0.25, 0.3) is 0 Å². The minimum Gasteiger partial charge on any atom is -0.480 e. The van der Waals surface area contributed by atoms with Crippen LogP contribution in [0.5, 0.6) is 0 Å². The zero-order valence-electron chi connectivity index (χ0n) is 10.4. The van der Waals surface area contributed by atoms with Crippen LogP contribution in [0.2, 0.25) is 0 Å². The molecule has 1 aromatic rings. The number of hydrogen-bond donors (Lipinski definition) is 2. The smallest absolute Gasteiger partial charge is 0.319 e. The summed E-state index contributed by atoms with van der Waals surface area (Å²) in [5.41, 5.74) is -0.00349. The van der Waals surface area contributed by atoms with E-state index in [1.54, 1.807) is 0 Å². The number of benzene rings is 1. The highest BCUT2D eigenvalue weighted by molar-refractivity contribution is 8.02. The molecule has 0 saturated heterocycles. The maximum Gasteiger partial charge on any atom is 0.319 e. The molecule has 0 spiro atoms. The lowest BCUT2D eigenvalue weighted by Crippen LogP contribution is -2.29. The molecule has 104 valence electrons. The number of rotatable bonds is 5. The van der Waals surface area contributed by atoms with Gasteiger partial charge < -0.3 is 10.4 Å². The van der Waals surface area contributed by atoms with Crippen molar-refractivity contribution in [1.29, 1.82) is 0 Å². The van der Waals surface area contributed by atoms with Crippen LogP contribution in [-0.4, -0.2) is 27.5 Å². The molecule has 0 aliphatic heterocycles. The molecule has 2 N–H and O–H groups in total. The van der Waals surface area contributed by atoms with E-state index >= 15 is 0 Å². The van der Waals surface area contributed by atoms with Crippen molar-refractivity contribution >= 4 is 29.3 Å². The Kier molecular flexibility index (Phi) is 4.88. The number of thioether (sulfide) groups is 1. The Bertz CT molecular complexity index is 485. The first-order valence-corrected chi connectivity index (χ1v) is 6.32. The fraction of sp³-hybridized carbons (Fsp3) is 0.333. The summed E-state index contributed by atoms with van der Waals surface area (Å²) in [6.07, 6.45) is 0. The van der Waals surface area contributed by atoms with E-state index < -0.39 is 28.3 Å². The van der Waals surface area contributed by atoms with Crippen LogP contribution < -0.4 is 5.32 Å². The third-order valence-electron chi connectivity index (χ3n) is 2.23. The molecule has 19 heavy (non-hydrogen) atoms. The van der Waals surface area contributed by atoms with Gasteiger partial charge in [0.05, 0.1) is 5.75 Å². The molecule has 0 unspecified atom stereocenters. The van der Waals surface area contributed by atoms with Gasteiger partial charge >= 0.3 is 5.97 Å². The molecular formula is C12H13F2NO3S. The largest absolute Gasteiger partial charge is 0.480 e. The lowest BCUT2D eigenvalue weighted by Gasteiger charge is -2.17. The zero-order chi connectivity index (χ0) is 14.6. The average Bonchev–Trinajstić information content (AvgIpc) is 2.24. The second-order valence-corrected chi connectivity index (χ2v) is 5.91. The van der Waals surface area contributed by atoms with Gasteiger partial charge in [-0.25, -0.2) is 8.78 Å². The van der Waals surface area contributed by atoms with Crippen molar-refractivity contribution in [2.45, 2.75) is 18.6 Å². The number of hydrogen-bond acceptors (Lipinski definition) is 3. The van der Waals surface area contributed by atoms with Gasteiger partial charge in [0.1, 0.15) is 16.4 Å². The first-order chi connectivity index (χ1) is 8.70. The molecule has 1 rings (SSSR count). The quantitative estimate of drug-likeness (QED) is 0.874. The minimum atomic E-state index is -1.11. The fourth-order valence-electron chi connectivity index (χ4n) is 1.13. The summed E-state index contributed by atoms with van der Waals surface area (Å²) in [6.45, 7) is 2.93. The van der Waals surface area contributed by atoms with Crippen molar-refractivity contribution in [3.63, 3.8) is 0 Å². The van der Waals surface area contributed by atoms with Crippen molar-refractivity contribution in [2.75, 3.05) is 11.1 Å². The lowest BCUT2D eigenvalue weighted by atomic mass is 10.2. The number of nitrogens with one attached hydrogen (secondary N) is 1. The molecule has 7 heteroatoms. The van der Waals surface area contributed by atoms with Crippen molar-refractivity contribution in [3.8, 4) is 0 Å². The second kappa shape index (κ2) is 6.01. The van der Waals surface area contributed by atoms with Crippen LogP contribution in [0.15, 0.2) is 18.2 Å². The van der Waals surface area contributed by atoms with E-state index in [0.717, 1.165) is 23.9 Å². The molecule has 0 bridgehead atoms. The Balaban J connectivity index is 2.59. The number of aliphatic carboxylic acids is 1. The topological polar surface area (TPSA) is 66.4 Å². The van der Waals surface area contributed by atoms with E-state index in [-0.39, 0.29) is 11.4 Å². The Morgan fingerprint density at radius 3 is 2.26 bits per heavy atom. The number of carbonyl (C=O) groups excluding carboxylic acids is 1. The van der Waals surface area contributed by atoms with Crippen molar-refractivity contribution in [3.05, 3.63) is 29.8 Å². The molecule has 0 radical (unpaired) electrons. The predicted molar refractivity (Wildman–Crippen MR) is 69.2 cm³/mol. The summed E-state index contributed by atoms with van der Waals surface area (Å²) in [4.78, 5) is 22.4. The number of carbonyl (C=O) groups is 2. The molecule has 0 aromatic heterocycles. The summed E-state index contributed by atoms with van der Waals surface area (Å²) >= 11 is 0.923. The SMILES string of the molecule is CC(C)(SCC(=O)Nc1cc(F)cc(F)c1)C(=O)O. The Labute approximate surface area is 113 Å². The van der Waals surface area contributed by atoms with Gasteiger partial charge in [-0.05, 0) is 26.0 Å². The molecule has 0 aliphatic rings. The van der Waals surface area contributed by atoms with Crippen LogP contribution in [0.1, 0.15) is 13.8 Å². The summed E-state index contributed by atoms with van der Waals surface area (Å²) < 4.78 is 24.7. The second-order valence-electron chi connectivity index (χ2n) is 4.31. The van der Waals surface area contributed by atoms with E-state index in [1.807, 2.05) is 0 Å². The van der Waals surface area contributed by atoms with E-state index in [4.69, 9.17) is 5.11 Å². The Morgan fingerprint density at radius 2 is 1.79 bits per heavy atom. The first-order valence-electron chi connectivity index (χ1n) is 5.34. The summed E-state index contributed by atoms with van der Waals surface area (Å²) in [6, 6.07) is 2.65. The molecular weight excluding hydrogens is 276 g/mol. The molecule has 0 atom stereocenters. The summed E-state index contributed by atoms with van der Waals surface area (Å²) in [7, 11) is 0. The van der Waals surface area contributed by atoms with Crippen LogP contribution in [-0.2, 0) is 9.59 Å². The molecule has 1 amide bonds. The normalized spacial score (nSPS) is 11.2. The van der Waals surface area contributed by atoms with Gasteiger partial charge in [0, 0.05) is 11.8 Å². The summed E-state index contributed by atoms with van der Waals surface area (Å²) in [5.74, 6) is -3.29. The van der Waals surface area contributed by atoms with E-state index in [2.05, 4.69) is 5.32 Å². The number of carboxylic acids is 1. The minimum absolute atomic E-state index is 0.00349. The highest BCUT2D eigenvalue weighted by Gasteiger charge is 2.28. The van der Waals surface area contributed by atoms with Crippen LogP contribution in [0.25, 0.3) is 0 Å². The zero-order valence-corrected chi connectivity index (χ0v) is 11.2. The Hall–Kier alpha value is -1.63. The van der Waals surface area contributed by atoms with Gasteiger partial charge in [0.2, 0.25) is 5.91 Å². The van der Waals surface area contributed by atoms with E-state index in [1.165, 1.54) is 13.8 Å². The van der Waals surface area contributed by atoms with Gasteiger partial charge in [-0.1, -0.05) is 0 Å². The standard InChI is InChI=1S/C12H13F2NO3S/c1-12(2,11(17)18)19-6-10(16)15-9-4-7(13)3-8(14)5-9/h3-5H,6H2,1-2H3,(H,15,16)(H,17,18). The molecule has 0 fully saturated rings. The molecule has 0 saturated carbocycles. The lowest BCUT2D eigenvalue weighted by molar-refractivity contribution is -0.138. The average molecular weight is 289 g/mol. The van der Waals surface area contributed by atoms with Crippen LogP contribution in [0, 0.1) is 11.6 Å². The maximum absolute atomic E-state index is 12.9. The molecule has 0 aliphatic carbocycles. The molecule has 4 nitrogen and oxygen atoms in total. The first kappa shape index (κ1) is 15.4. The van der Waals surface area contributed by atoms with Gasteiger partial charge in [-0.3, -0.25) is 9.59 Å².